The van der Waals surface area contributed by atoms with Crippen molar-refractivity contribution in [3.8, 4) is 5.75 Å². The second-order valence-electron chi connectivity index (χ2n) is 7.50. The van der Waals surface area contributed by atoms with Gasteiger partial charge in [0.1, 0.15) is 5.75 Å². The summed E-state index contributed by atoms with van der Waals surface area (Å²) in [6.45, 7) is 0. The SMILES string of the molecule is COc1cccc(NC(N)=NC23CC4CC(CC(C4)C2)C3)c1. The van der Waals surface area contributed by atoms with E-state index in [0.29, 0.717) is 5.96 Å². The minimum absolute atomic E-state index is 0.116. The quantitative estimate of drug-likeness (QED) is 0.664. The number of nitrogens with one attached hydrogen (secondary N) is 1. The van der Waals surface area contributed by atoms with Gasteiger partial charge in [0.2, 0.25) is 0 Å². The van der Waals surface area contributed by atoms with E-state index in [-0.39, 0.29) is 5.54 Å². The molecule has 0 spiro atoms. The minimum Gasteiger partial charge on any atom is -0.497 e. The Kier molecular flexibility index (Phi) is 3.28. The summed E-state index contributed by atoms with van der Waals surface area (Å²) >= 11 is 0. The molecule has 4 aliphatic rings. The third kappa shape index (κ3) is 2.55. The fourth-order valence-corrected chi connectivity index (χ4v) is 5.33. The molecular weight excluding hydrogens is 274 g/mol. The molecule has 0 aliphatic heterocycles. The molecular formula is C18H25N3O. The van der Waals surface area contributed by atoms with Crippen LogP contribution in [0, 0.1) is 17.8 Å². The number of hydrogen-bond acceptors (Lipinski definition) is 2. The Morgan fingerprint density at radius 2 is 1.82 bits per heavy atom. The van der Waals surface area contributed by atoms with Gasteiger partial charge in [-0.2, -0.15) is 0 Å². The maximum absolute atomic E-state index is 6.22. The third-order valence-corrected chi connectivity index (χ3v) is 5.71. The largest absolute Gasteiger partial charge is 0.497 e. The van der Waals surface area contributed by atoms with Gasteiger partial charge in [0.15, 0.2) is 5.96 Å². The molecule has 4 nitrogen and oxygen atoms in total. The smallest absolute Gasteiger partial charge is 0.193 e. The Hall–Kier alpha value is -1.71. The van der Waals surface area contributed by atoms with E-state index in [1.54, 1.807) is 7.11 Å². The van der Waals surface area contributed by atoms with Crippen molar-refractivity contribution >= 4 is 11.6 Å². The minimum atomic E-state index is 0.116. The highest BCUT2D eigenvalue weighted by molar-refractivity contribution is 5.92. The Bertz CT molecular complexity index is 560. The lowest BCUT2D eigenvalue weighted by Gasteiger charge is -2.54. The summed E-state index contributed by atoms with van der Waals surface area (Å²) in [6.07, 6.45) is 7.99. The number of nitrogens with zero attached hydrogens (tertiary/aromatic N) is 1. The zero-order valence-electron chi connectivity index (χ0n) is 13.2. The lowest BCUT2D eigenvalue weighted by atomic mass is 9.53. The number of aliphatic imine (C=N–C) groups is 1. The van der Waals surface area contributed by atoms with E-state index < -0.39 is 0 Å². The molecule has 4 fully saturated rings. The number of ether oxygens (including phenoxy) is 1. The lowest BCUT2D eigenvalue weighted by Crippen LogP contribution is -2.50. The first-order valence-corrected chi connectivity index (χ1v) is 8.40. The summed E-state index contributed by atoms with van der Waals surface area (Å²) in [6, 6.07) is 7.82. The zero-order chi connectivity index (χ0) is 15.2. The summed E-state index contributed by atoms with van der Waals surface area (Å²) in [5, 5.41) is 3.24. The highest BCUT2D eigenvalue weighted by Crippen LogP contribution is 2.57. The van der Waals surface area contributed by atoms with Crippen molar-refractivity contribution in [2.24, 2.45) is 28.5 Å². The molecule has 4 saturated carbocycles. The highest BCUT2D eigenvalue weighted by atomic mass is 16.5. The molecule has 5 rings (SSSR count). The molecule has 0 atom stereocenters. The maximum atomic E-state index is 6.22. The monoisotopic (exact) mass is 299 g/mol. The molecule has 22 heavy (non-hydrogen) atoms. The number of benzene rings is 1. The van der Waals surface area contributed by atoms with Crippen molar-refractivity contribution in [2.45, 2.75) is 44.1 Å². The van der Waals surface area contributed by atoms with Gasteiger partial charge in [0.25, 0.3) is 0 Å². The predicted octanol–water partition coefficient (Wildman–Crippen LogP) is 3.39. The van der Waals surface area contributed by atoms with Crippen LogP contribution in [0.4, 0.5) is 5.69 Å². The number of hydrogen-bond donors (Lipinski definition) is 2. The number of methoxy groups -OCH3 is 1. The molecule has 0 aromatic heterocycles. The Morgan fingerprint density at radius 3 is 2.41 bits per heavy atom. The Balaban J connectivity index is 1.52. The van der Waals surface area contributed by atoms with Crippen LogP contribution in [0.25, 0.3) is 0 Å². The van der Waals surface area contributed by atoms with Gasteiger partial charge in [0, 0.05) is 11.8 Å². The molecule has 0 amide bonds. The van der Waals surface area contributed by atoms with Crippen LogP contribution < -0.4 is 15.8 Å². The molecule has 0 saturated heterocycles. The first-order valence-electron chi connectivity index (χ1n) is 8.40. The van der Waals surface area contributed by atoms with Gasteiger partial charge >= 0.3 is 0 Å². The number of anilines is 1. The second kappa shape index (κ2) is 5.18. The van der Waals surface area contributed by atoms with Crippen LogP contribution in [0.15, 0.2) is 29.3 Å². The molecule has 1 aromatic carbocycles. The fraction of sp³-hybridized carbons (Fsp3) is 0.611. The Morgan fingerprint density at radius 1 is 1.18 bits per heavy atom. The van der Waals surface area contributed by atoms with Crippen molar-refractivity contribution in [2.75, 3.05) is 12.4 Å². The van der Waals surface area contributed by atoms with E-state index in [1.165, 1.54) is 38.5 Å². The molecule has 4 aliphatic carbocycles. The molecule has 4 bridgehead atoms. The average molecular weight is 299 g/mol. The van der Waals surface area contributed by atoms with Crippen molar-refractivity contribution in [1.82, 2.24) is 0 Å². The van der Waals surface area contributed by atoms with Gasteiger partial charge in [-0.05, 0) is 68.4 Å². The van der Waals surface area contributed by atoms with Gasteiger partial charge in [-0.3, -0.25) is 0 Å². The zero-order valence-corrected chi connectivity index (χ0v) is 13.2. The molecule has 1 aromatic rings. The van der Waals surface area contributed by atoms with Crippen LogP contribution in [0.5, 0.6) is 5.75 Å². The Labute approximate surface area is 132 Å². The van der Waals surface area contributed by atoms with Crippen LogP contribution >= 0.6 is 0 Å². The maximum Gasteiger partial charge on any atom is 0.193 e. The van der Waals surface area contributed by atoms with E-state index in [4.69, 9.17) is 15.5 Å². The van der Waals surface area contributed by atoms with Crippen LogP contribution in [-0.2, 0) is 0 Å². The average Bonchev–Trinajstić information content (AvgIpc) is 2.45. The van der Waals surface area contributed by atoms with E-state index >= 15 is 0 Å². The van der Waals surface area contributed by atoms with Crippen molar-refractivity contribution < 1.29 is 4.74 Å². The summed E-state index contributed by atoms with van der Waals surface area (Å²) in [7, 11) is 1.67. The molecule has 3 N–H and O–H groups in total. The van der Waals surface area contributed by atoms with Gasteiger partial charge < -0.3 is 15.8 Å². The van der Waals surface area contributed by atoms with Gasteiger partial charge in [-0.25, -0.2) is 4.99 Å². The normalized spacial score (nSPS) is 36.4. The molecule has 118 valence electrons. The molecule has 4 heteroatoms. The van der Waals surface area contributed by atoms with E-state index in [1.807, 2.05) is 24.3 Å². The summed E-state index contributed by atoms with van der Waals surface area (Å²) in [4.78, 5) is 4.96. The molecule has 0 heterocycles. The number of guanidine groups is 1. The van der Waals surface area contributed by atoms with Crippen molar-refractivity contribution in [1.29, 1.82) is 0 Å². The van der Waals surface area contributed by atoms with Crippen LogP contribution in [0.2, 0.25) is 0 Å². The standard InChI is InChI=1S/C18H25N3O/c1-22-16-4-2-3-15(8-16)20-17(19)21-18-9-12-5-13(10-18)7-14(6-12)11-18/h2-4,8,12-14H,5-7,9-11H2,1H3,(H3,19,20,21). The number of rotatable bonds is 3. The second-order valence-corrected chi connectivity index (χ2v) is 7.50. The summed E-state index contributed by atoms with van der Waals surface area (Å²) in [5.41, 5.74) is 7.27. The predicted molar refractivity (Wildman–Crippen MR) is 89.1 cm³/mol. The van der Waals surface area contributed by atoms with Gasteiger partial charge in [0.05, 0.1) is 12.6 Å². The van der Waals surface area contributed by atoms with Crippen LogP contribution in [0.3, 0.4) is 0 Å². The third-order valence-electron chi connectivity index (χ3n) is 5.71. The molecule has 0 radical (unpaired) electrons. The van der Waals surface area contributed by atoms with Gasteiger partial charge in [-0.1, -0.05) is 6.07 Å². The fourth-order valence-electron chi connectivity index (χ4n) is 5.33. The first-order chi connectivity index (χ1) is 10.6. The van der Waals surface area contributed by atoms with Gasteiger partial charge in [-0.15, -0.1) is 0 Å². The summed E-state index contributed by atoms with van der Waals surface area (Å²) in [5.74, 6) is 4.04. The lowest BCUT2D eigenvalue weighted by molar-refractivity contribution is 0.00164. The number of nitrogens with two attached hydrogens (primary N) is 1. The van der Waals surface area contributed by atoms with E-state index in [2.05, 4.69) is 5.32 Å². The van der Waals surface area contributed by atoms with Crippen LogP contribution in [-0.4, -0.2) is 18.6 Å². The topological polar surface area (TPSA) is 59.6 Å². The van der Waals surface area contributed by atoms with Crippen LogP contribution in [0.1, 0.15) is 38.5 Å². The summed E-state index contributed by atoms with van der Waals surface area (Å²) < 4.78 is 5.25. The first kappa shape index (κ1) is 13.9. The van der Waals surface area contributed by atoms with E-state index in [0.717, 1.165) is 29.2 Å². The highest BCUT2D eigenvalue weighted by Gasteiger charge is 2.51. The van der Waals surface area contributed by atoms with E-state index in [9.17, 15) is 0 Å². The molecule has 0 unspecified atom stereocenters. The van der Waals surface area contributed by atoms with Crippen molar-refractivity contribution in [3.05, 3.63) is 24.3 Å². The van der Waals surface area contributed by atoms with Crippen molar-refractivity contribution in [3.63, 3.8) is 0 Å².